The summed E-state index contributed by atoms with van der Waals surface area (Å²) >= 11 is 0. The molecule has 0 N–H and O–H groups in total. The van der Waals surface area contributed by atoms with Gasteiger partial charge in [-0.25, -0.2) is 9.59 Å². The second kappa shape index (κ2) is 9.72. The van der Waals surface area contributed by atoms with Crippen LogP contribution in [0.2, 0.25) is 0 Å². The van der Waals surface area contributed by atoms with Crippen molar-refractivity contribution in [2.24, 2.45) is 0 Å². The summed E-state index contributed by atoms with van der Waals surface area (Å²) in [6.07, 6.45) is 2.00. The van der Waals surface area contributed by atoms with Gasteiger partial charge in [-0.3, -0.25) is 0 Å². The summed E-state index contributed by atoms with van der Waals surface area (Å²) in [5.74, 6) is -0.620. The Hall–Kier alpha value is -3.60. The molecule has 0 atom stereocenters. The Morgan fingerprint density at radius 2 is 1.68 bits per heavy atom. The molecule has 0 bridgehead atoms. The molecule has 0 saturated carbocycles. The van der Waals surface area contributed by atoms with Gasteiger partial charge in [0, 0.05) is 18.8 Å². The quantitative estimate of drug-likeness (QED) is 0.437. The van der Waals surface area contributed by atoms with Gasteiger partial charge in [-0.1, -0.05) is 42.5 Å². The Bertz CT molecular complexity index is 1190. The first-order valence-electron chi connectivity index (χ1n) is 11.6. The normalized spacial score (nSPS) is 13.2. The largest absolute Gasteiger partial charge is 0.465 e. The average molecular weight is 458 g/mol. The van der Waals surface area contributed by atoms with Gasteiger partial charge in [0.15, 0.2) is 0 Å². The molecule has 0 aromatic heterocycles. The number of aryl methyl sites for hydroxylation is 1. The van der Waals surface area contributed by atoms with Crippen LogP contribution >= 0.6 is 0 Å². The van der Waals surface area contributed by atoms with Gasteiger partial charge in [-0.05, 0) is 80.1 Å². The third-order valence-corrected chi connectivity index (χ3v) is 5.90. The second-order valence-electron chi connectivity index (χ2n) is 9.60. The number of hydrogen-bond donors (Lipinski definition) is 0. The molecule has 176 valence electrons. The lowest BCUT2D eigenvalue weighted by Crippen LogP contribution is -2.29. The van der Waals surface area contributed by atoms with Gasteiger partial charge in [0.2, 0.25) is 0 Å². The number of methoxy groups -OCH3 is 1. The number of hydrogen-bond acceptors (Lipinski definition) is 5. The zero-order valence-electron chi connectivity index (χ0n) is 20.3. The molecule has 0 amide bonds. The van der Waals surface area contributed by atoms with Crippen molar-refractivity contribution in [1.82, 2.24) is 0 Å². The van der Waals surface area contributed by atoms with Crippen LogP contribution in [-0.2, 0) is 22.4 Å². The molecule has 3 aromatic rings. The van der Waals surface area contributed by atoms with Gasteiger partial charge in [0.25, 0.3) is 0 Å². The van der Waals surface area contributed by atoms with Crippen LogP contribution in [0.3, 0.4) is 0 Å². The molecule has 34 heavy (non-hydrogen) atoms. The predicted molar refractivity (Wildman–Crippen MR) is 134 cm³/mol. The lowest BCUT2D eigenvalue weighted by Gasteiger charge is -2.31. The van der Waals surface area contributed by atoms with Crippen molar-refractivity contribution in [1.29, 1.82) is 0 Å². The predicted octanol–water partition coefficient (Wildman–Crippen LogP) is 6.05. The lowest BCUT2D eigenvalue weighted by molar-refractivity contribution is 0.00702. The van der Waals surface area contributed by atoms with Crippen LogP contribution in [0.15, 0.2) is 66.7 Å². The van der Waals surface area contributed by atoms with Gasteiger partial charge in [0.05, 0.1) is 18.2 Å². The summed E-state index contributed by atoms with van der Waals surface area (Å²) in [5, 5.41) is 0. The second-order valence-corrected chi connectivity index (χ2v) is 9.60. The minimum absolute atomic E-state index is 0.304. The lowest BCUT2D eigenvalue weighted by atomic mass is 9.97. The zero-order valence-corrected chi connectivity index (χ0v) is 20.3. The molecule has 5 nitrogen and oxygen atoms in total. The van der Waals surface area contributed by atoms with Crippen molar-refractivity contribution in [2.45, 2.75) is 45.8 Å². The molecule has 1 heterocycles. The van der Waals surface area contributed by atoms with E-state index in [0.717, 1.165) is 37.1 Å². The molecule has 3 aromatic carbocycles. The highest BCUT2D eigenvalue weighted by Crippen LogP contribution is 2.31. The first kappa shape index (κ1) is 23.6. The maximum absolute atomic E-state index is 12.7. The van der Waals surface area contributed by atoms with Gasteiger partial charge in [0.1, 0.15) is 5.60 Å². The van der Waals surface area contributed by atoms with Gasteiger partial charge < -0.3 is 14.4 Å². The van der Waals surface area contributed by atoms with Gasteiger partial charge >= 0.3 is 11.9 Å². The number of nitrogens with zero attached hydrogens (tertiary/aromatic N) is 1. The van der Waals surface area contributed by atoms with Crippen molar-refractivity contribution in [3.63, 3.8) is 0 Å². The first-order chi connectivity index (χ1) is 16.2. The van der Waals surface area contributed by atoms with Crippen molar-refractivity contribution in [3.8, 4) is 11.1 Å². The zero-order chi connectivity index (χ0) is 24.3. The van der Waals surface area contributed by atoms with Crippen LogP contribution in [-0.4, -0.2) is 31.2 Å². The van der Waals surface area contributed by atoms with Crippen LogP contribution in [0.5, 0.6) is 0 Å². The molecule has 0 saturated heterocycles. The molecule has 1 aliphatic heterocycles. The molecule has 1 aliphatic rings. The van der Waals surface area contributed by atoms with Crippen LogP contribution in [0.25, 0.3) is 11.1 Å². The molecule has 0 spiro atoms. The van der Waals surface area contributed by atoms with Crippen LogP contribution in [0, 0.1) is 0 Å². The number of anilines is 1. The maximum Gasteiger partial charge on any atom is 0.339 e. The number of carbonyl (C=O) groups excluding carboxylic acids is 2. The monoisotopic (exact) mass is 457 g/mol. The summed E-state index contributed by atoms with van der Waals surface area (Å²) in [4.78, 5) is 27.0. The van der Waals surface area contributed by atoms with Gasteiger partial charge in [-0.15, -0.1) is 0 Å². The molecule has 0 unspecified atom stereocenters. The molecule has 5 heteroatoms. The van der Waals surface area contributed by atoms with Crippen LogP contribution in [0.1, 0.15) is 59.0 Å². The van der Waals surface area contributed by atoms with E-state index < -0.39 is 5.60 Å². The van der Waals surface area contributed by atoms with E-state index in [2.05, 4.69) is 29.2 Å². The summed E-state index contributed by atoms with van der Waals surface area (Å²) in [7, 11) is 1.41. The highest BCUT2D eigenvalue weighted by Gasteiger charge is 2.21. The third-order valence-electron chi connectivity index (χ3n) is 5.90. The Balaban J connectivity index is 1.53. The van der Waals surface area contributed by atoms with Crippen molar-refractivity contribution < 1.29 is 19.1 Å². The van der Waals surface area contributed by atoms with E-state index in [-0.39, 0.29) is 11.9 Å². The molecular weight excluding hydrogens is 426 g/mol. The number of carbonyl (C=O) groups is 2. The molecular formula is C29H31NO4. The van der Waals surface area contributed by atoms with E-state index in [0.29, 0.717) is 11.1 Å². The molecule has 0 fully saturated rings. The number of rotatable bonds is 5. The highest BCUT2D eigenvalue weighted by atomic mass is 16.6. The number of esters is 2. The summed E-state index contributed by atoms with van der Waals surface area (Å²) in [5.41, 5.74) is 5.98. The Kier molecular flexibility index (Phi) is 6.73. The Morgan fingerprint density at radius 3 is 2.38 bits per heavy atom. The summed E-state index contributed by atoms with van der Waals surface area (Å²) in [6, 6.07) is 21.7. The van der Waals surface area contributed by atoms with E-state index >= 15 is 0 Å². The van der Waals surface area contributed by atoms with Crippen LogP contribution < -0.4 is 4.90 Å². The SMILES string of the molecule is COC(=O)c1ccc2c(c1)CCCN2Cc1ccc(-c2ccccc2C(=O)OC(C)(C)C)cc1. The summed E-state index contributed by atoms with van der Waals surface area (Å²) < 4.78 is 10.5. The fourth-order valence-electron chi connectivity index (χ4n) is 4.34. The minimum Gasteiger partial charge on any atom is -0.465 e. The molecule has 4 rings (SSSR count). The fourth-order valence-corrected chi connectivity index (χ4v) is 4.34. The topological polar surface area (TPSA) is 55.8 Å². The number of benzene rings is 3. The third kappa shape index (κ3) is 5.30. The van der Waals surface area contributed by atoms with Crippen LogP contribution in [0.4, 0.5) is 5.69 Å². The van der Waals surface area contributed by atoms with E-state index in [9.17, 15) is 9.59 Å². The number of ether oxygens (including phenoxy) is 2. The van der Waals surface area contributed by atoms with E-state index in [1.54, 1.807) is 0 Å². The van der Waals surface area contributed by atoms with E-state index in [1.807, 2.05) is 63.2 Å². The van der Waals surface area contributed by atoms with E-state index in [1.165, 1.54) is 23.9 Å². The molecule has 0 radical (unpaired) electrons. The standard InChI is InChI=1S/C29H31NO4/c1-29(2,3)34-28(32)25-10-6-5-9-24(25)21-13-11-20(12-14-21)19-30-17-7-8-22-18-23(27(31)33-4)15-16-26(22)30/h5-6,9-16,18H,7-8,17,19H2,1-4H3. The fraction of sp³-hybridized carbons (Fsp3) is 0.310. The van der Waals surface area contributed by atoms with E-state index in [4.69, 9.17) is 9.47 Å². The average Bonchev–Trinajstić information content (AvgIpc) is 2.83. The first-order valence-corrected chi connectivity index (χ1v) is 11.6. The molecule has 0 aliphatic carbocycles. The Labute approximate surface area is 201 Å². The van der Waals surface area contributed by atoms with Crippen molar-refractivity contribution in [2.75, 3.05) is 18.6 Å². The minimum atomic E-state index is -0.545. The highest BCUT2D eigenvalue weighted by molar-refractivity contribution is 5.97. The smallest absolute Gasteiger partial charge is 0.339 e. The number of fused-ring (bicyclic) bond motifs is 1. The Morgan fingerprint density at radius 1 is 0.941 bits per heavy atom. The maximum atomic E-state index is 12.7. The van der Waals surface area contributed by atoms with Crippen molar-refractivity contribution in [3.05, 3.63) is 89.0 Å². The summed E-state index contributed by atoms with van der Waals surface area (Å²) in [6.45, 7) is 7.36. The van der Waals surface area contributed by atoms with Crippen molar-refractivity contribution >= 4 is 17.6 Å². The van der Waals surface area contributed by atoms with Gasteiger partial charge in [-0.2, -0.15) is 0 Å².